The van der Waals surface area contributed by atoms with Gasteiger partial charge in [0.05, 0.1) is 17.9 Å². The molecule has 9 heteroatoms. The number of halogens is 1. The zero-order valence-electron chi connectivity index (χ0n) is 15.7. The molecule has 0 N–H and O–H groups in total. The fourth-order valence-corrected chi connectivity index (χ4v) is 4.38. The fourth-order valence-electron chi connectivity index (χ4n) is 4.38. The molecule has 2 aliphatic rings. The Morgan fingerprint density at radius 1 is 1.14 bits per heavy atom. The third-order valence-corrected chi connectivity index (χ3v) is 5.71. The van der Waals surface area contributed by atoms with Gasteiger partial charge in [-0.1, -0.05) is 11.3 Å². The molecule has 1 aromatic carbocycles. The van der Waals surface area contributed by atoms with Gasteiger partial charge in [0.1, 0.15) is 17.6 Å². The standard InChI is InChI=1S/C20H19FN8/c21-14-2-1-3-15(10-14)29-13-18(25-26-29)19-5-4-16-12-27(8-9-28(16)19)20-17(11-22)23-6-7-24-20/h1-3,6-7,10,13,16,19H,4-5,8-9,12H2. The molecular weight excluding hydrogens is 371 g/mol. The first kappa shape index (κ1) is 17.7. The molecule has 2 aliphatic heterocycles. The lowest BCUT2D eigenvalue weighted by molar-refractivity contribution is 0.173. The number of benzene rings is 1. The Bertz CT molecular complexity index is 1070. The molecule has 8 nitrogen and oxygen atoms in total. The van der Waals surface area contributed by atoms with Crippen LogP contribution in [0.25, 0.3) is 5.69 Å². The van der Waals surface area contributed by atoms with Gasteiger partial charge in [0.25, 0.3) is 0 Å². The van der Waals surface area contributed by atoms with Crippen LogP contribution in [0, 0.1) is 17.1 Å². The van der Waals surface area contributed by atoms with Crippen molar-refractivity contribution in [2.24, 2.45) is 0 Å². The predicted octanol–water partition coefficient (Wildman–Crippen LogP) is 2.09. The van der Waals surface area contributed by atoms with Crippen LogP contribution in [0.5, 0.6) is 0 Å². The van der Waals surface area contributed by atoms with Crippen LogP contribution in [0.15, 0.2) is 42.9 Å². The molecule has 2 atom stereocenters. The Morgan fingerprint density at radius 2 is 2.03 bits per heavy atom. The van der Waals surface area contributed by atoms with Crippen molar-refractivity contribution in [3.05, 3.63) is 60.1 Å². The van der Waals surface area contributed by atoms with Crippen LogP contribution in [0.1, 0.15) is 30.3 Å². The smallest absolute Gasteiger partial charge is 0.183 e. The molecule has 0 radical (unpaired) electrons. The molecule has 29 heavy (non-hydrogen) atoms. The normalized spacial score (nSPS) is 21.7. The first-order chi connectivity index (χ1) is 14.2. The number of hydrogen-bond acceptors (Lipinski definition) is 7. The van der Waals surface area contributed by atoms with Gasteiger partial charge in [0, 0.05) is 38.1 Å². The quantitative estimate of drug-likeness (QED) is 0.677. The van der Waals surface area contributed by atoms with Gasteiger partial charge in [0.2, 0.25) is 0 Å². The summed E-state index contributed by atoms with van der Waals surface area (Å²) in [5.74, 6) is 0.368. The second-order valence-corrected chi connectivity index (χ2v) is 7.34. The molecule has 0 aliphatic carbocycles. The Balaban J connectivity index is 1.33. The molecule has 0 bridgehead atoms. The number of anilines is 1. The van der Waals surface area contributed by atoms with E-state index < -0.39 is 0 Å². The highest BCUT2D eigenvalue weighted by Gasteiger charge is 2.40. The maximum atomic E-state index is 13.5. The molecule has 5 rings (SSSR count). The molecule has 0 amide bonds. The number of aromatic nitrogens is 5. The molecule has 0 spiro atoms. The van der Waals surface area contributed by atoms with Gasteiger partial charge in [-0.15, -0.1) is 5.10 Å². The monoisotopic (exact) mass is 390 g/mol. The number of nitriles is 1. The first-order valence-electron chi connectivity index (χ1n) is 9.63. The van der Waals surface area contributed by atoms with E-state index >= 15 is 0 Å². The Hall–Kier alpha value is -3.38. The van der Waals surface area contributed by atoms with Gasteiger partial charge in [0.15, 0.2) is 11.5 Å². The van der Waals surface area contributed by atoms with Gasteiger partial charge in [-0.25, -0.2) is 19.0 Å². The first-order valence-corrected chi connectivity index (χ1v) is 9.63. The van der Waals surface area contributed by atoms with Crippen molar-refractivity contribution < 1.29 is 4.39 Å². The summed E-state index contributed by atoms with van der Waals surface area (Å²) in [5, 5.41) is 17.9. The van der Waals surface area contributed by atoms with E-state index in [2.05, 4.69) is 36.1 Å². The maximum Gasteiger partial charge on any atom is 0.183 e. The minimum atomic E-state index is -0.294. The summed E-state index contributed by atoms with van der Waals surface area (Å²) < 4.78 is 15.1. The van der Waals surface area contributed by atoms with Crippen molar-refractivity contribution in [3.63, 3.8) is 0 Å². The molecule has 3 aromatic rings. The molecule has 2 fully saturated rings. The average molecular weight is 390 g/mol. The van der Waals surface area contributed by atoms with Crippen LogP contribution in [0.3, 0.4) is 0 Å². The molecule has 0 saturated carbocycles. The summed E-state index contributed by atoms with van der Waals surface area (Å²) in [5.41, 5.74) is 1.94. The van der Waals surface area contributed by atoms with Crippen LogP contribution < -0.4 is 4.90 Å². The highest BCUT2D eigenvalue weighted by Crippen LogP contribution is 2.37. The van der Waals surface area contributed by atoms with Crippen molar-refractivity contribution >= 4 is 5.82 Å². The SMILES string of the molecule is N#Cc1nccnc1N1CCN2C(CCC2c2cn(-c3cccc(F)c3)nn2)C1. The molecule has 4 heterocycles. The highest BCUT2D eigenvalue weighted by atomic mass is 19.1. The van der Waals surface area contributed by atoms with Gasteiger partial charge in [-0.3, -0.25) is 4.90 Å². The van der Waals surface area contributed by atoms with Crippen molar-refractivity contribution in [1.82, 2.24) is 29.9 Å². The third kappa shape index (κ3) is 3.21. The second kappa shape index (κ2) is 7.22. The van der Waals surface area contributed by atoms with Crippen LogP contribution in [0.4, 0.5) is 10.2 Å². The third-order valence-electron chi connectivity index (χ3n) is 5.71. The minimum Gasteiger partial charge on any atom is -0.351 e. The largest absolute Gasteiger partial charge is 0.351 e. The molecule has 146 valence electrons. The number of hydrogen-bond donors (Lipinski definition) is 0. The summed E-state index contributed by atoms with van der Waals surface area (Å²) in [7, 11) is 0. The zero-order chi connectivity index (χ0) is 19.8. The summed E-state index contributed by atoms with van der Waals surface area (Å²) in [4.78, 5) is 13.1. The Kier molecular flexibility index (Phi) is 4.41. The molecule has 2 aromatic heterocycles. The zero-order valence-corrected chi connectivity index (χ0v) is 15.7. The second-order valence-electron chi connectivity index (χ2n) is 7.34. The van der Waals surface area contributed by atoms with Gasteiger partial charge < -0.3 is 4.90 Å². The summed E-state index contributed by atoms with van der Waals surface area (Å²) >= 11 is 0. The van der Waals surface area contributed by atoms with E-state index in [0.29, 0.717) is 23.2 Å². The van der Waals surface area contributed by atoms with Crippen molar-refractivity contribution in [2.75, 3.05) is 24.5 Å². The minimum absolute atomic E-state index is 0.196. The summed E-state index contributed by atoms with van der Waals surface area (Å²) in [6.45, 7) is 2.43. The average Bonchev–Trinajstić information content (AvgIpc) is 3.40. The number of rotatable bonds is 3. The van der Waals surface area contributed by atoms with Crippen molar-refractivity contribution in [3.8, 4) is 11.8 Å². The lowest BCUT2D eigenvalue weighted by Crippen LogP contribution is -2.51. The van der Waals surface area contributed by atoms with E-state index in [1.54, 1.807) is 23.1 Å². The number of piperazine rings is 1. The van der Waals surface area contributed by atoms with Crippen LogP contribution in [0.2, 0.25) is 0 Å². The van der Waals surface area contributed by atoms with Gasteiger partial charge in [-0.2, -0.15) is 5.26 Å². The Labute approximate surface area is 167 Å². The van der Waals surface area contributed by atoms with Crippen LogP contribution in [-0.4, -0.2) is 55.5 Å². The van der Waals surface area contributed by atoms with Crippen molar-refractivity contribution in [2.45, 2.75) is 24.9 Å². The van der Waals surface area contributed by atoms with E-state index in [1.807, 2.05) is 12.3 Å². The summed E-state index contributed by atoms with van der Waals surface area (Å²) in [6.07, 6.45) is 7.10. The van der Waals surface area contributed by atoms with Gasteiger partial charge in [-0.05, 0) is 31.0 Å². The lowest BCUT2D eigenvalue weighted by atomic mass is 10.1. The maximum absolute atomic E-state index is 13.5. The van der Waals surface area contributed by atoms with Crippen molar-refractivity contribution in [1.29, 1.82) is 5.26 Å². The van der Waals surface area contributed by atoms with E-state index in [1.165, 1.54) is 12.1 Å². The lowest BCUT2D eigenvalue weighted by Gasteiger charge is -2.40. The van der Waals surface area contributed by atoms with E-state index in [0.717, 1.165) is 38.2 Å². The fraction of sp³-hybridized carbons (Fsp3) is 0.350. The molecule has 2 unspecified atom stereocenters. The Morgan fingerprint density at radius 3 is 2.90 bits per heavy atom. The van der Waals surface area contributed by atoms with E-state index in [4.69, 9.17) is 0 Å². The number of fused-ring (bicyclic) bond motifs is 1. The number of nitrogens with zero attached hydrogens (tertiary/aromatic N) is 8. The summed E-state index contributed by atoms with van der Waals surface area (Å²) in [6, 6.07) is 9.03. The predicted molar refractivity (Wildman–Crippen MR) is 103 cm³/mol. The van der Waals surface area contributed by atoms with Crippen LogP contribution in [-0.2, 0) is 0 Å². The van der Waals surface area contributed by atoms with E-state index in [9.17, 15) is 9.65 Å². The van der Waals surface area contributed by atoms with E-state index in [-0.39, 0.29) is 11.9 Å². The highest BCUT2D eigenvalue weighted by molar-refractivity contribution is 5.50. The van der Waals surface area contributed by atoms with Gasteiger partial charge >= 0.3 is 0 Å². The molecule has 2 saturated heterocycles. The molecular formula is C20H19FN8. The topological polar surface area (TPSA) is 86.8 Å². The van der Waals surface area contributed by atoms with Crippen LogP contribution >= 0.6 is 0 Å².